The van der Waals surface area contributed by atoms with Gasteiger partial charge in [0.25, 0.3) is 0 Å². The van der Waals surface area contributed by atoms with Gasteiger partial charge in [-0.1, -0.05) is 17.7 Å². The Balaban J connectivity index is 1.27. The van der Waals surface area contributed by atoms with Gasteiger partial charge >= 0.3 is 0 Å². The molecule has 0 radical (unpaired) electrons. The maximum Gasteiger partial charge on any atom is 0.244 e. The van der Waals surface area contributed by atoms with Crippen molar-refractivity contribution in [1.82, 2.24) is 9.88 Å². The Morgan fingerprint density at radius 1 is 1.17 bits per heavy atom. The number of halogens is 1. The first-order chi connectivity index (χ1) is 16.8. The van der Waals surface area contributed by atoms with E-state index in [0.717, 1.165) is 11.1 Å². The third-order valence-electron chi connectivity index (χ3n) is 6.46. The molecule has 184 valence electrons. The van der Waals surface area contributed by atoms with Gasteiger partial charge in [-0.15, -0.1) is 11.3 Å². The maximum absolute atomic E-state index is 13.3. The molecule has 2 atom stereocenters. The molecule has 5 rings (SSSR count). The van der Waals surface area contributed by atoms with Gasteiger partial charge in [-0.25, -0.2) is 13.4 Å². The fourth-order valence-corrected chi connectivity index (χ4v) is 7.32. The molecule has 3 aromatic rings. The fourth-order valence-electron chi connectivity index (χ4n) is 4.77. The molecule has 0 N–H and O–H groups in total. The largest absolute Gasteiger partial charge is 0.371 e. The number of nitrogens with zero attached hydrogens (tertiary/aromatic N) is 3. The lowest BCUT2D eigenvalue weighted by molar-refractivity contribution is -0.125. The molecule has 2 aliphatic rings. The summed E-state index contributed by atoms with van der Waals surface area (Å²) in [5.74, 6) is -0.0923. The molecule has 2 aromatic carbocycles. The number of hydrogen-bond acceptors (Lipinski definition) is 7. The summed E-state index contributed by atoms with van der Waals surface area (Å²) in [7, 11) is -3.49. The number of amides is 1. The van der Waals surface area contributed by atoms with Crippen molar-refractivity contribution in [3.8, 4) is 0 Å². The lowest BCUT2D eigenvalue weighted by Gasteiger charge is -2.36. The zero-order chi connectivity index (χ0) is 24.6. The van der Waals surface area contributed by atoms with E-state index in [4.69, 9.17) is 16.3 Å². The van der Waals surface area contributed by atoms with Crippen LogP contribution in [-0.2, 0) is 25.1 Å². The molecule has 35 heavy (non-hydrogen) atoms. The first-order valence-corrected chi connectivity index (χ1v) is 14.4. The van der Waals surface area contributed by atoms with Crippen molar-refractivity contribution in [2.75, 3.05) is 31.1 Å². The molecule has 1 aromatic heterocycles. The average molecular weight is 532 g/mol. The maximum atomic E-state index is 13.3. The minimum atomic E-state index is -3.49. The number of rotatable bonds is 6. The molecule has 3 heterocycles. The Labute approximate surface area is 214 Å². The summed E-state index contributed by atoms with van der Waals surface area (Å²) in [5, 5.41) is 3.00. The van der Waals surface area contributed by atoms with Crippen molar-refractivity contribution >= 4 is 44.4 Å². The SMILES string of the molecule is Cc1cc(Cl)cc([C@@H]2CN([C@H]3CCN(c4ccc(S(=O)(=O)Cc5nccs5)cc4)C3=O)CCO2)c1. The van der Waals surface area contributed by atoms with Gasteiger partial charge in [0.2, 0.25) is 5.91 Å². The number of hydrogen-bond donors (Lipinski definition) is 0. The van der Waals surface area contributed by atoms with Crippen molar-refractivity contribution < 1.29 is 17.9 Å². The second-order valence-electron chi connectivity index (χ2n) is 8.89. The first kappa shape index (κ1) is 24.4. The van der Waals surface area contributed by atoms with Crippen molar-refractivity contribution in [3.63, 3.8) is 0 Å². The Kier molecular flexibility index (Phi) is 6.96. The molecule has 2 aliphatic heterocycles. The molecule has 0 saturated carbocycles. The van der Waals surface area contributed by atoms with E-state index in [1.807, 2.05) is 19.1 Å². The zero-order valence-corrected chi connectivity index (χ0v) is 21.7. The van der Waals surface area contributed by atoms with Crippen LogP contribution in [0.4, 0.5) is 5.69 Å². The number of anilines is 1. The number of carbonyl (C=O) groups is 1. The number of aryl methyl sites for hydroxylation is 1. The Bertz CT molecular complexity index is 1290. The van der Waals surface area contributed by atoms with Crippen molar-refractivity contribution in [2.45, 2.75) is 36.1 Å². The van der Waals surface area contributed by atoms with E-state index in [1.165, 1.54) is 11.3 Å². The number of aromatic nitrogens is 1. The standard InChI is InChI=1S/C25H26ClN3O4S2/c1-17-12-18(14-19(26)13-17)23-15-28(9-10-33-23)22-6-8-29(25(22)30)20-2-4-21(5-3-20)35(31,32)16-24-27-7-11-34-24/h2-5,7,11-14,22-23H,6,8-10,15-16H2,1H3/t22-,23-/m0/s1. The normalized spacial score (nSPS) is 21.5. The van der Waals surface area contributed by atoms with Gasteiger partial charge in [0, 0.05) is 41.9 Å². The highest BCUT2D eigenvalue weighted by atomic mass is 35.5. The number of thiazole rings is 1. The minimum Gasteiger partial charge on any atom is -0.371 e. The highest BCUT2D eigenvalue weighted by Gasteiger charge is 2.39. The van der Waals surface area contributed by atoms with Crippen LogP contribution in [0, 0.1) is 6.92 Å². The van der Waals surface area contributed by atoms with Gasteiger partial charge in [0.15, 0.2) is 9.84 Å². The lowest BCUT2D eigenvalue weighted by atomic mass is 10.0. The molecule has 0 bridgehead atoms. The quantitative estimate of drug-likeness (QED) is 0.473. The predicted octanol–water partition coefficient (Wildman–Crippen LogP) is 4.26. The number of benzene rings is 2. The second kappa shape index (κ2) is 9.99. The van der Waals surface area contributed by atoms with Crippen LogP contribution >= 0.6 is 22.9 Å². The molecule has 1 amide bonds. The van der Waals surface area contributed by atoms with Gasteiger partial charge < -0.3 is 9.64 Å². The van der Waals surface area contributed by atoms with Crippen LogP contribution in [0.2, 0.25) is 5.02 Å². The fraction of sp³-hybridized carbons (Fsp3) is 0.360. The van der Waals surface area contributed by atoms with Crippen LogP contribution in [0.1, 0.15) is 28.7 Å². The lowest BCUT2D eigenvalue weighted by Crippen LogP contribution is -2.48. The van der Waals surface area contributed by atoms with Gasteiger partial charge in [-0.05, 0) is 60.9 Å². The van der Waals surface area contributed by atoms with Crippen LogP contribution in [0.3, 0.4) is 0 Å². The third-order valence-corrected chi connectivity index (χ3v) is 9.28. The summed E-state index contributed by atoms with van der Waals surface area (Å²) in [6, 6.07) is 12.3. The highest BCUT2D eigenvalue weighted by Crippen LogP contribution is 2.31. The van der Waals surface area contributed by atoms with Gasteiger partial charge in [-0.3, -0.25) is 9.69 Å². The van der Waals surface area contributed by atoms with Crippen molar-refractivity contribution in [1.29, 1.82) is 0 Å². The van der Waals surface area contributed by atoms with Crippen LogP contribution in [0.5, 0.6) is 0 Å². The number of carbonyl (C=O) groups excluding carboxylic acids is 1. The second-order valence-corrected chi connectivity index (χ2v) is 12.3. The molecular weight excluding hydrogens is 506 g/mol. The summed E-state index contributed by atoms with van der Waals surface area (Å²) in [6.45, 7) is 4.45. The zero-order valence-electron chi connectivity index (χ0n) is 19.3. The van der Waals surface area contributed by atoms with Crippen molar-refractivity contribution in [2.24, 2.45) is 0 Å². The molecule has 0 spiro atoms. The van der Waals surface area contributed by atoms with E-state index in [1.54, 1.807) is 40.7 Å². The molecule has 0 unspecified atom stereocenters. The average Bonchev–Trinajstić information content (AvgIpc) is 3.48. The topological polar surface area (TPSA) is 79.8 Å². The predicted molar refractivity (Wildman–Crippen MR) is 137 cm³/mol. The van der Waals surface area contributed by atoms with Crippen LogP contribution in [0.25, 0.3) is 0 Å². The monoisotopic (exact) mass is 531 g/mol. The molecule has 10 heteroatoms. The number of sulfone groups is 1. The van der Waals surface area contributed by atoms with E-state index < -0.39 is 9.84 Å². The smallest absolute Gasteiger partial charge is 0.244 e. The third kappa shape index (κ3) is 5.29. The first-order valence-electron chi connectivity index (χ1n) is 11.5. The van der Waals surface area contributed by atoms with E-state index in [9.17, 15) is 13.2 Å². The van der Waals surface area contributed by atoms with Crippen molar-refractivity contribution in [3.05, 3.63) is 75.2 Å². The van der Waals surface area contributed by atoms with Gasteiger partial charge in [0.05, 0.1) is 23.6 Å². The van der Waals surface area contributed by atoms with Crippen LogP contribution in [-0.4, -0.2) is 56.5 Å². The van der Waals surface area contributed by atoms with E-state index >= 15 is 0 Å². The Hall–Kier alpha value is -2.30. The molecule has 0 aliphatic carbocycles. The van der Waals surface area contributed by atoms with E-state index in [-0.39, 0.29) is 28.7 Å². The summed E-state index contributed by atoms with van der Waals surface area (Å²) in [4.78, 5) is 21.6. The number of ether oxygens (including phenoxy) is 1. The summed E-state index contributed by atoms with van der Waals surface area (Å²) >= 11 is 7.57. The molecule has 2 fully saturated rings. The van der Waals surface area contributed by atoms with Gasteiger partial charge in [-0.2, -0.15) is 0 Å². The molecule has 7 nitrogen and oxygen atoms in total. The van der Waals surface area contributed by atoms with Gasteiger partial charge in [0.1, 0.15) is 10.8 Å². The van der Waals surface area contributed by atoms with Crippen LogP contribution in [0.15, 0.2) is 58.9 Å². The van der Waals surface area contributed by atoms with Crippen LogP contribution < -0.4 is 4.90 Å². The highest BCUT2D eigenvalue weighted by molar-refractivity contribution is 7.90. The molecular formula is C25H26ClN3O4S2. The molecule has 2 saturated heterocycles. The number of morpholine rings is 1. The minimum absolute atomic E-state index is 0.0336. The Morgan fingerprint density at radius 3 is 2.69 bits per heavy atom. The summed E-state index contributed by atoms with van der Waals surface area (Å²) in [6.07, 6.45) is 2.18. The van der Waals surface area contributed by atoms with E-state index in [2.05, 4.69) is 16.0 Å². The van der Waals surface area contributed by atoms with E-state index in [0.29, 0.717) is 48.4 Å². The Morgan fingerprint density at radius 2 is 1.97 bits per heavy atom. The summed E-state index contributed by atoms with van der Waals surface area (Å²) in [5.41, 5.74) is 2.81. The summed E-state index contributed by atoms with van der Waals surface area (Å²) < 4.78 is 31.4.